The summed E-state index contributed by atoms with van der Waals surface area (Å²) in [6.07, 6.45) is 5.66. The van der Waals surface area contributed by atoms with Crippen LogP contribution in [0.2, 0.25) is 0 Å². The van der Waals surface area contributed by atoms with Gasteiger partial charge >= 0.3 is 18.1 Å². The Labute approximate surface area is 268 Å². The number of carboxylic acid groups (broad SMARTS) is 1. The summed E-state index contributed by atoms with van der Waals surface area (Å²) >= 11 is 0. The molecule has 5 amide bonds. The fraction of sp³-hybridized carbons (Fsp3) is 0.606. The minimum atomic E-state index is -1.48. The van der Waals surface area contributed by atoms with Crippen molar-refractivity contribution in [3.8, 4) is 0 Å². The molecule has 1 saturated heterocycles. The average Bonchev–Trinajstić information content (AvgIpc) is 3.30. The number of nitrogens with zero attached hydrogens (tertiary/aromatic N) is 3. The number of carboxylic acids is 1. The highest BCUT2D eigenvalue weighted by atomic mass is 19.1. The third-order valence-electron chi connectivity index (χ3n) is 9.68. The predicted octanol–water partition coefficient (Wildman–Crippen LogP) is 3.54. The standard InChI is InChI=1S/C33H44FN5O7/c1-32(2,3)37(4)30(44)35-25-14-9-7-5-6-8-12-21-16-33(21,29(42)43)36-27(40)26-15-22(18-39(26)28(25)41)46-31(45)38-17-20-11-10-13-24(34)23(20)19-38/h8,10-13,21-22,25-26H,5-7,9,14-19H2,1-4H3,(H,35,44)(H,36,40)(H,42,43)/b12-8-/t21-,22+,25-,26-,33+/m0/s1. The predicted molar refractivity (Wildman–Crippen MR) is 165 cm³/mol. The zero-order chi connectivity index (χ0) is 33.4. The van der Waals surface area contributed by atoms with Crippen LogP contribution in [0.1, 0.15) is 76.8 Å². The molecule has 5 atom stereocenters. The number of ether oxygens (including phenoxy) is 1. The molecule has 46 heavy (non-hydrogen) atoms. The number of benzene rings is 1. The van der Waals surface area contributed by atoms with Gasteiger partial charge in [0.2, 0.25) is 11.8 Å². The van der Waals surface area contributed by atoms with Crippen molar-refractivity contribution in [3.05, 3.63) is 47.3 Å². The molecule has 3 N–H and O–H groups in total. The lowest BCUT2D eigenvalue weighted by Gasteiger charge is -2.34. The van der Waals surface area contributed by atoms with Crippen LogP contribution in [0.25, 0.3) is 0 Å². The molecule has 0 spiro atoms. The van der Waals surface area contributed by atoms with Crippen LogP contribution in [0.3, 0.4) is 0 Å². The Morgan fingerprint density at radius 3 is 2.61 bits per heavy atom. The molecule has 5 rings (SSSR count). The Kier molecular flexibility index (Phi) is 9.33. The first-order chi connectivity index (χ1) is 21.7. The van der Waals surface area contributed by atoms with Gasteiger partial charge in [0.05, 0.1) is 13.1 Å². The molecule has 0 radical (unpaired) electrons. The monoisotopic (exact) mass is 641 g/mol. The van der Waals surface area contributed by atoms with Crippen LogP contribution >= 0.6 is 0 Å². The van der Waals surface area contributed by atoms with Gasteiger partial charge in [0.1, 0.15) is 29.5 Å². The van der Waals surface area contributed by atoms with Gasteiger partial charge in [-0.3, -0.25) is 14.5 Å². The van der Waals surface area contributed by atoms with E-state index in [1.165, 1.54) is 20.8 Å². The van der Waals surface area contributed by atoms with E-state index in [-0.39, 0.29) is 38.4 Å². The molecule has 0 unspecified atom stereocenters. The summed E-state index contributed by atoms with van der Waals surface area (Å²) in [6, 6.07) is 2.12. The van der Waals surface area contributed by atoms with Crippen molar-refractivity contribution in [1.82, 2.24) is 25.3 Å². The summed E-state index contributed by atoms with van der Waals surface area (Å²) in [4.78, 5) is 70.9. The minimum absolute atomic E-state index is 0.0333. The zero-order valence-corrected chi connectivity index (χ0v) is 26.9. The van der Waals surface area contributed by atoms with E-state index in [0.717, 1.165) is 19.3 Å². The molecular weight excluding hydrogens is 597 g/mol. The number of rotatable bonds is 3. The van der Waals surface area contributed by atoms with E-state index in [2.05, 4.69) is 10.6 Å². The van der Waals surface area contributed by atoms with E-state index >= 15 is 0 Å². The van der Waals surface area contributed by atoms with Gasteiger partial charge < -0.3 is 30.3 Å². The first-order valence-electron chi connectivity index (χ1n) is 16.0. The van der Waals surface area contributed by atoms with E-state index < -0.39 is 65.0 Å². The molecule has 0 bridgehead atoms. The molecule has 1 aromatic rings. The Morgan fingerprint density at radius 1 is 1.15 bits per heavy atom. The Morgan fingerprint density at radius 2 is 1.91 bits per heavy atom. The second-order valence-electron chi connectivity index (χ2n) is 13.9. The number of fused-ring (bicyclic) bond motifs is 3. The maximum Gasteiger partial charge on any atom is 0.410 e. The number of nitrogens with one attached hydrogen (secondary N) is 2. The summed E-state index contributed by atoms with van der Waals surface area (Å²) in [5, 5.41) is 15.6. The van der Waals surface area contributed by atoms with Crippen molar-refractivity contribution in [2.45, 2.75) is 108 Å². The van der Waals surface area contributed by atoms with Crippen molar-refractivity contribution in [1.29, 1.82) is 0 Å². The first-order valence-corrected chi connectivity index (χ1v) is 16.0. The molecule has 1 aromatic carbocycles. The van der Waals surface area contributed by atoms with Gasteiger partial charge in [-0.2, -0.15) is 0 Å². The molecular formula is C33H44FN5O7. The molecule has 2 fully saturated rings. The Hall–Kier alpha value is -4.16. The summed E-state index contributed by atoms with van der Waals surface area (Å²) in [6.45, 7) is 5.68. The van der Waals surface area contributed by atoms with Crippen molar-refractivity contribution >= 4 is 29.9 Å². The van der Waals surface area contributed by atoms with Gasteiger partial charge in [0.25, 0.3) is 0 Å². The van der Waals surface area contributed by atoms with Crippen molar-refractivity contribution in [2.75, 3.05) is 13.6 Å². The van der Waals surface area contributed by atoms with Crippen molar-refractivity contribution in [3.63, 3.8) is 0 Å². The lowest BCUT2D eigenvalue weighted by Crippen LogP contribution is -2.58. The summed E-state index contributed by atoms with van der Waals surface area (Å²) in [5.74, 6) is -3.11. The van der Waals surface area contributed by atoms with Gasteiger partial charge in [0.15, 0.2) is 0 Å². The summed E-state index contributed by atoms with van der Waals surface area (Å²) < 4.78 is 20.1. The molecule has 1 aliphatic carbocycles. The highest BCUT2D eigenvalue weighted by Crippen LogP contribution is 2.45. The normalized spacial score (nSPS) is 28.9. The van der Waals surface area contributed by atoms with E-state index in [9.17, 15) is 33.5 Å². The van der Waals surface area contributed by atoms with Gasteiger partial charge in [-0.05, 0) is 58.1 Å². The molecule has 12 nitrogen and oxygen atoms in total. The number of carbonyl (C=O) groups excluding carboxylic acids is 4. The topological polar surface area (TPSA) is 149 Å². The maximum atomic E-state index is 14.3. The largest absolute Gasteiger partial charge is 0.479 e. The van der Waals surface area contributed by atoms with E-state index in [1.807, 2.05) is 32.9 Å². The zero-order valence-electron chi connectivity index (χ0n) is 26.9. The fourth-order valence-corrected chi connectivity index (χ4v) is 6.42. The van der Waals surface area contributed by atoms with Gasteiger partial charge in [0, 0.05) is 37.0 Å². The second kappa shape index (κ2) is 12.9. The molecule has 0 aromatic heterocycles. The van der Waals surface area contributed by atoms with Gasteiger partial charge in [-0.25, -0.2) is 18.8 Å². The van der Waals surface area contributed by atoms with Crippen molar-refractivity contribution in [2.24, 2.45) is 5.92 Å². The maximum absolute atomic E-state index is 14.3. The molecule has 1 saturated carbocycles. The van der Waals surface area contributed by atoms with E-state index in [0.29, 0.717) is 24.0 Å². The molecule has 250 valence electrons. The third kappa shape index (κ3) is 6.82. The molecule has 4 aliphatic rings. The highest BCUT2D eigenvalue weighted by Gasteiger charge is 2.61. The smallest absolute Gasteiger partial charge is 0.410 e. The number of aliphatic carboxylic acids is 1. The first kappa shape index (κ1) is 33.2. The number of amides is 5. The number of hydrogen-bond acceptors (Lipinski definition) is 6. The lowest BCUT2D eigenvalue weighted by molar-refractivity contribution is -0.145. The van der Waals surface area contributed by atoms with E-state index in [4.69, 9.17) is 4.74 Å². The van der Waals surface area contributed by atoms with Crippen LogP contribution in [0, 0.1) is 11.7 Å². The van der Waals surface area contributed by atoms with E-state index in [1.54, 1.807) is 19.2 Å². The number of urea groups is 1. The minimum Gasteiger partial charge on any atom is -0.479 e. The van der Waals surface area contributed by atoms with Crippen LogP contribution in [0.15, 0.2) is 30.4 Å². The van der Waals surface area contributed by atoms with Crippen molar-refractivity contribution < 1.29 is 38.2 Å². The lowest BCUT2D eigenvalue weighted by atomic mass is 10.0. The summed E-state index contributed by atoms with van der Waals surface area (Å²) in [7, 11) is 1.64. The SMILES string of the molecule is CN(C(=O)N[C@H]1CCCCC/C=C\[C@H]2C[C@@]2(C(=O)O)NC(=O)[C@@H]2C[C@@H](OC(=O)N3Cc4cccc(F)c4C3)CN2C1=O)C(C)(C)C. The van der Waals surface area contributed by atoms with Gasteiger partial charge in [-0.15, -0.1) is 0 Å². The van der Waals surface area contributed by atoms with Crippen LogP contribution in [-0.2, 0) is 32.2 Å². The second-order valence-corrected chi connectivity index (χ2v) is 13.9. The Balaban J connectivity index is 1.38. The van der Waals surface area contributed by atoms with Crippen LogP contribution < -0.4 is 10.6 Å². The quantitative estimate of drug-likeness (QED) is 0.428. The average molecular weight is 642 g/mol. The molecule has 3 aliphatic heterocycles. The molecule has 13 heteroatoms. The molecule has 3 heterocycles. The van der Waals surface area contributed by atoms with Gasteiger partial charge in [-0.1, -0.05) is 37.1 Å². The van der Waals surface area contributed by atoms with Crippen LogP contribution in [0.5, 0.6) is 0 Å². The fourth-order valence-electron chi connectivity index (χ4n) is 6.42. The highest BCUT2D eigenvalue weighted by molar-refractivity contribution is 5.96. The number of allylic oxidation sites excluding steroid dienone is 1. The Bertz CT molecular complexity index is 1430. The van der Waals surface area contributed by atoms with Crippen LogP contribution in [0.4, 0.5) is 14.0 Å². The van der Waals surface area contributed by atoms with Crippen LogP contribution in [-0.4, -0.2) is 92.6 Å². The number of carbonyl (C=O) groups is 5. The summed E-state index contributed by atoms with van der Waals surface area (Å²) in [5.41, 5.74) is -0.903. The number of halogens is 1. The third-order valence-corrected chi connectivity index (χ3v) is 9.68. The number of hydrogen-bond donors (Lipinski definition) is 3.